The van der Waals surface area contributed by atoms with Crippen molar-refractivity contribution in [3.63, 3.8) is 0 Å². The molecule has 2 N–H and O–H groups in total. The minimum Gasteiger partial charge on any atom is -0.323 e. The van der Waals surface area contributed by atoms with E-state index < -0.39 is 18.2 Å². The first-order valence-electron chi connectivity index (χ1n) is 10.0. The number of thioether (sulfide) groups is 1. The first kappa shape index (κ1) is 23.5. The lowest BCUT2D eigenvalue weighted by Crippen LogP contribution is -2.46. The molecule has 0 unspecified atom stereocenters. The molecular weight excluding hydrogens is 438 g/mol. The maximum atomic E-state index is 13.3. The van der Waals surface area contributed by atoms with E-state index in [1.807, 2.05) is 53.3 Å². The topological polar surface area (TPSA) is 81.8 Å². The molecule has 1 saturated heterocycles. The van der Waals surface area contributed by atoms with E-state index >= 15 is 0 Å². The van der Waals surface area contributed by atoms with Crippen molar-refractivity contribution >= 4 is 35.3 Å². The van der Waals surface area contributed by atoms with Crippen molar-refractivity contribution in [1.29, 1.82) is 0 Å². The number of hydrogen-bond acceptors (Lipinski definition) is 4. The van der Waals surface area contributed by atoms with Crippen LogP contribution in [0.3, 0.4) is 0 Å². The lowest BCUT2D eigenvalue weighted by molar-refractivity contribution is -0.132. The number of carbonyl (C=O) groups excluding carboxylic acids is 3. The molecule has 1 heterocycles. The van der Waals surface area contributed by atoms with Crippen LogP contribution in [0.4, 0.5) is 19.3 Å². The van der Waals surface area contributed by atoms with Gasteiger partial charge in [-0.2, -0.15) is 20.5 Å². The van der Waals surface area contributed by atoms with Gasteiger partial charge in [0.2, 0.25) is 0 Å². The summed E-state index contributed by atoms with van der Waals surface area (Å²) >= 11 is 1.82. The molecule has 0 radical (unpaired) electrons. The Hall–Kier alpha value is -3.14. The van der Waals surface area contributed by atoms with Crippen LogP contribution in [0, 0.1) is 6.92 Å². The highest BCUT2D eigenvalue weighted by atomic mass is 32.2. The zero-order chi connectivity index (χ0) is 23.1. The van der Waals surface area contributed by atoms with E-state index in [4.69, 9.17) is 0 Å². The molecule has 10 heteroatoms. The van der Waals surface area contributed by atoms with E-state index in [-0.39, 0.29) is 11.6 Å². The number of urea groups is 1. The van der Waals surface area contributed by atoms with Crippen LogP contribution >= 0.6 is 11.8 Å². The fraction of sp³-hybridized carbons (Fsp3) is 0.318. The average Bonchev–Trinajstić information content (AvgIpc) is 2.81. The lowest BCUT2D eigenvalue weighted by Gasteiger charge is -2.33. The highest BCUT2D eigenvalue weighted by molar-refractivity contribution is 7.99. The van der Waals surface area contributed by atoms with E-state index in [2.05, 4.69) is 0 Å². The van der Waals surface area contributed by atoms with Gasteiger partial charge in [0.1, 0.15) is 0 Å². The largest absolute Gasteiger partial charge is 0.324 e. The zero-order valence-electron chi connectivity index (χ0n) is 17.5. The first-order valence-corrected chi connectivity index (χ1v) is 11.2. The molecule has 2 aromatic carbocycles. The van der Waals surface area contributed by atoms with Crippen LogP contribution in [0.15, 0.2) is 48.5 Å². The number of amides is 4. The van der Waals surface area contributed by atoms with Crippen molar-refractivity contribution in [3.05, 3.63) is 65.2 Å². The summed E-state index contributed by atoms with van der Waals surface area (Å²) < 4.78 is 24.4. The second-order valence-corrected chi connectivity index (χ2v) is 8.42. The van der Waals surface area contributed by atoms with Gasteiger partial charge in [-0.05, 0) is 36.2 Å². The Labute approximate surface area is 189 Å². The molecule has 2 aromatic rings. The number of nitrogens with one attached hydrogen (secondary N) is 2. The Morgan fingerprint density at radius 2 is 1.69 bits per heavy atom. The Morgan fingerprint density at radius 3 is 2.31 bits per heavy atom. The molecule has 0 aromatic heterocycles. The first-order chi connectivity index (χ1) is 15.4. The van der Waals surface area contributed by atoms with Crippen LogP contribution in [-0.4, -0.2) is 53.8 Å². The third-order valence-electron chi connectivity index (χ3n) is 4.97. The highest BCUT2D eigenvalue weighted by Crippen LogP contribution is 2.24. The molecule has 0 bridgehead atoms. The summed E-state index contributed by atoms with van der Waals surface area (Å²) in [6.45, 7) is 3.63. The summed E-state index contributed by atoms with van der Waals surface area (Å²) in [5.41, 5.74) is 6.36. The third kappa shape index (κ3) is 5.97. The van der Waals surface area contributed by atoms with E-state index in [9.17, 15) is 23.2 Å². The number of nitrogens with zero attached hydrogens (tertiary/aromatic N) is 2. The fourth-order valence-electron chi connectivity index (χ4n) is 3.24. The van der Waals surface area contributed by atoms with Crippen LogP contribution in [0.25, 0.3) is 0 Å². The molecule has 0 atom stereocenters. The van der Waals surface area contributed by atoms with Crippen LogP contribution in [0.1, 0.15) is 21.5 Å². The summed E-state index contributed by atoms with van der Waals surface area (Å²) in [6, 6.07) is 14.0. The molecular formula is C22H24F2N4O3S. The van der Waals surface area contributed by atoms with Gasteiger partial charge in [-0.25, -0.2) is 4.79 Å². The summed E-state index contributed by atoms with van der Waals surface area (Å²) in [5.74, 6) is -0.500. The van der Waals surface area contributed by atoms with Crippen LogP contribution in [0.5, 0.6) is 0 Å². The smallest absolute Gasteiger partial charge is 0.323 e. The predicted octanol–water partition coefficient (Wildman–Crippen LogP) is 3.20. The Morgan fingerprint density at radius 1 is 1.03 bits per heavy atom. The van der Waals surface area contributed by atoms with Gasteiger partial charge in [-0.15, -0.1) is 0 Å². The number of hydrazine groups is 1. The van der Waals surface area contributed by atoms with Crippen LogP contribution in [-0.2, 0) is 11.3 Å². The van der Waals surface area contributed by atoms with Crippen LogP contribution in [0.2, 0.25) is 0 Å². The number of hydrogen-bond donors (Lipinski definition) is 2. The van der Waals surface area contributed by atoms with Gasteiger partial charge < -0.3 is 4.90 Å². The Kier molecular flexibility index (Phi) is 8.04. The summed E-state index contributed by atoms with van der Waals surface area (Å²) in [5, 5.41) is 0. The van der Waals surface area contributed by atoms with Crippen LogP contribution < -0.4 is 15.8 Å². The van der Waals surface area contributed by atoms with Gasteiger partial charge in [-0.3, -0.25) is 25.3 Å². The van der Waals surface area contributed by atoms with Crippen molar-refractivity contribution in [3.8, 4) is 0 Å². The van der Waals surface area contributed by atoms with Gasteiger partial charge in [-0.1, -0.05) is 30.3 Å². The van der Waals surface area contributed by atoms with Gasteiger partial charge >= 0.3 is 18.4 Å². The minimum atomic E-state index is -3.22. The molecule has 0 spiro atoms. The Balaban J connectivity index is 1.74. The Bertz CT molecular complexity index is 966. The monoisotopic (exact) mass is 462 g/mol. The van der Waals surface area contributed by atoms with E-state index in [0.717, 1.165) is 28.3 Å². The molecule has 0 aliphatic carbocycles. The number of para-hydroxylation sites is 1. The number of alkyl halides is 2. The van der Waals surface area contributed by atoms with Crippen molar-refractivity contribution in [2.24, 2.45) is 0 Å². The molecule has 1 aliphatic heterocycles. The van der Waals surface area contributed by atoms with E-state index in [1.54, 1.807) is 22.5 Å². The van der Waals surface area contributed by atoms with Gasteiger partial charge in [0.05, 0.1) is 6.54 Å². The van der Waals surface area contributed by atoms with Gasteiger partial charge in [0.25, 0.3) is 5.91 Å². The average molecular weight is 463 g/mol. The standard InChI is InChI=1S/C22H24F2N4O3S/c1-15-4-2-3-5-18(15)28(22(31)27-10-12-32-13-11-27)14-16-6-8-17(9-7-16)20(29)25-26-21(30)19(23)24/h2-9,19H,10-14H2,1H3,(H,25,29)(H,26,30). The minimum absolute atomic E-state index is 0.0730. The van der Waals surface area contributed by atoms with Crippen molar-refractivity contribution in [2.45, 2.75) is 19.9 Å². The number of anilines is 1. The highest BCUT2D eigenvalue weighted by Gasteiger charge is 2.25. The van der Waals surface area contributed by atoms with Gasteiger partial charge in [0.15, 0.2) is 0 Å². The molecule has 3 rings (SSSR count). The summed E-state index contributed by atoms with van der Waals surface area (Å²) in [6.07, 6.45) is -3.22. The quantitative estimate of drug-likeness (QED) is 0.669. The van der Waals surface area contributed by atoms with Crippen molar-refractivity contribution in [1.82, 2.24) is 15.8 Å². The molecule has 1 fully saturated rings. The predicted molar refractivity (Wildman–Crippen MR) is 120 cm³/mol. The number of benzene rings is 2. The normalized spacial score (nSPS) is 13.6. The molecule has 4 amide bonds. The van der Waals surface area contributed by atoms with E-state index in [0.29, 0.717) is 19.6 Å². The maximum absolute atomic E-state index is 13.3. The fourth-order valence-corrected chi connectivity index (χ4v) is 4.14. The molecule has 0 saturated carbocycles. The van der Waals surface area contributed by atoms with Crippen molar-refractivity contribution < 1.29 is 23.2 Å². The SMILES string of the molecule is Cc1ccccc1N(Cc1ccc(C(=O)NNC(=O)C(F)F)cc1)C(=O)N1CCSCC1. The maximum Gasteiger partial charge on any atom is 0.324 e. The second kappa shape index (κ2) is 10.9. The van der Waals surface area contributed by atoms with Gasteiger partial charge in [0, 0.05) is 35.8 Å². The third-order valence-corrected chi connectivity index (χ3v) is 5.92. The molecule has 1 aliphatic rings. The number of carbonyl (C=O) groups is 3. The molecule has 32 heavy (non-hydrogen) atoms. The molecule has 170 valence electrons. The second-order valence-electron chi connectivity index (χ2n) is 7.20. The van der Waals surface area contributed by atoms with Crippen molar-refractivity contribution in [2.75, 3.05) is 29.5 Å². The summed E-state index contributed by atoms with van der Waals surface area (Å²) in [4.78, 5) is 39.8. The van der Waals surface area contributed by atoms with E-state index in [1.165, 1.54) is 12.1 Å². The summed E-state index contributed by atoms with van der Waals surface area (Å²) in [7, 11) is 0. The lowest BCUT2D eigenvalue weighted by atomic mass is 10.1. The number of halogens is 2. The zero-order valence-corrected chi connectivity index (χ0v) is 18.3. The molecule has 7 nitrogen and oxygen atoms in total. The number of aryl methyl sites for hydroxylation is 1. The number of rotatable bonds is 5.